The number of amides is 1. The van der Waals surface area contributed by atoms with Crippen molar-refractivity contribution in [2.75, 3.05) is 11.9 Å². The van der Waals surface area contributed by atoms with Gasteiger partial charge in [-0.1, -0.05) is 36.4 Å². The highest BCUT2D eigenvalue weighted by Crippen LogP contribution is 2.18. The zero-order chi connectivity index (χ0) is 16.9. The molecule has 1 amide bonds. The summed E-state index contributed by atoms with van der Waals surface area (Å²) in [4.78, 5) is 15.2. The summed E-state index contributed by atoms with van der Waals surface area (Å²) in [6.45, 7) is 5.94. The van der Waals surface area contributed by atoms with E-state index < -0.39 is 0 Å². The van der Waals surface area contributed by atoms with Gasteiger partial charge in [0.15, 0.2) is 6.04 Å². The fourth-order valence-corrected chi connectivity index (χ4v) is 3.68. The maximum absolute atomic E-state index is 12.6. The van der Waals surface area contributed by atoms with Gasteiger partial charge in [-0.3, -0.25) is 4.79 Å². The molecule has 0 saturated heterocycles. The molecule has 0 saturated carbocycles. The summed E-state index contributed by atoms with van der Waals surface area (Å²) in [6.07, 6.45) is 0. The predicted octanol–water partition coefficient (Wildman–Crippen LogP) is 3.33. The average Bonchev–Trinajstić information content (AvgIpc) is 3.12. The van der Waals surface area contributed by atoms with Crippen molar-refractivity contribution in [2.45, 2.75) is 26.4 Å². The molecule has 3 rings (SSSR count). The van der Waals surface area contributed by atoms with Crippen LogP contribution in [0.2, 0.25) is 0 Å². The first kappa shape index (κ1) is 16.7. The minimum Gasteiger partial charge on any atom is -0.321 e. The Morgan fingerprint density at radius 3 is 2.62 bits per heavy atom. The van der Waals surface area contributed by atoms with Gasteiger partial charge in [-0.05, 0) is 48.2 Å². The smallest absolute Gasteiger partial charge is 0.282 e. The van der Waals surface area contributed by atoms with Gasteiger partial charge in [-0.25, -0.2) is 0 Å². The Morgan fingerprint density at radius 1 is 1.12 bits per heavy atom. The summed E-state index contributed by atoms with van der Waals surface area (Å²) in [5, 5.41) is 7.48. The second kappa shape index (κ2) is 7.60. The summed E-state index contributed by atoms with van der Waals surface area (Å²) in [5.74, 6) is 0.0682. The van der Waals surface area contributed by atoms with E-state index in [-0.39, 0.29) is 11.9 Å². The molecule has 0 bridgehead atoms. The van der Waals surface area contributed by atoms with E-state index >= 15 is 0 Å². The third-order valence-electron chi connectivity index (χ3n) is 4.46. The molecule has 4 heteroatoms. The molecule has 0 fully saturated rings. The van der Waals surface area contributed by atoms with E-state index in [0.717, 1.165) is 24.2 Å². The molecular formula is C20H23N2OS+. The number of hydrogen-bond donors (Lipinski definition) is 2. The van der Waals surface area contributed by atoms with Crippen LogP contribution in [0.25, 0.3) is 10.8 Å². The summed E-state index contributed by atoms with van der Waals surface area (Å²) >= 11 is 1.75. The third kappa shape index (κ3) is 3.83. The molecule has 0 aliphatic rings. The van der Waals surface area contributed by atoms with Crippen LogP contribution in [-0.4, -0.2) is 18.5 Å². The lowest BCUT2D eigenvalue weighted by Crippen LogP contribution is -3.15. The van der Waals surface area contributed by atoms with Crippen molar-refractivity contribution in [3.05, 3.63) is 64.9 Å². The van der Waals surface area contributed by atoms with Crippen LogP contribution in [0.5, 0.6) is 0 Å². The molecule has 0 aliphatic heterocycles. The number of carbonyl (C=O) groups excluding carboxylic acids is 1. The van der Waals surface area contributed by atoms with Crippen LogP contribution in [0.1, 0.15) is 18.7 Å². The topological polar surface area (TPSA) is 33.5 Å². The molecular weight excluding hydrogens is 316 g/mol. The van der Waals surface area contributed by atoms with Crippen LogP contribution < -0.4 is 10.2 Å². The zero-order valence-electron chi connectivity index (χ0n) is 14.1. The second-order valence-corrected chi connectivity index (χ2v) is 7.07. The first-order valence-electron chi connectivity index (χ1n) is 8.34. The van der Waals surface area contributed by atoms with E-state index in [1.54, 1.807) is 11.3 Å². The molecule has 1 heterocycles. The Bertz CT molecular complexity index is 813. The number of carbonyl (C=O) groups is 1. The average molecular weight is 339 g/mol. The molecule has 124 valence electrons. The second-order valence-electron chi connectivity index (χ2n) is 6.04. The number of benzene rings is 2. The van der Waals surface area contributed by atoms with Gasteiger partial charge < -0.3 is 10.2 Å². The lowest BCUT2D eigenvalue weighted by Gasteiger charge is -2.23. The van der Waals surface area contributed by atoms with Crippen LogP contribution in [0.4, 0.5) is 5.69 Å². The van der Waals surface area contributed by atoms with E-state index in [1.165, 1.54) is 15.2 Å². The van der Waals surface area contributed by atoms with Crippen LogP contribution >= 0.6 is 11.3 Å². The number of fused-ring (bicyclic) bond motifs is 1. The minimum atomic E-state index is -0.0939. The number of quaternary nitrogens is 1. The molecule has 24 heavy (non-hydrogen) atoms. The molecule has 1 unspecified atom stereocenters. The van der Waals surface area contributed by atoms with E-state index in [9.17, 15) is 4.79 Å². The fraction of sp³-hybridized carbons (Fsp3) is 0.250. The summed E-state index contributed by atoms with van der Waals surface area (Å²) in [5.41, 5.74) is 0.858. The van der Waals surface area contributed by atoms with Gasteiger partial charge in [-0.15, -0.1) is 11.3 Å². The van der Waals surface area contributed by atoms with Gasteiger partial charge in [-0.2, -0.15) is 0 Å². The summed E-state index contributed by atoms with van der Waals surface area (Å²) in [6, 6.07) is 18.3. The minimum absolute atomic E-state index is 0.0682. The highest BCUT2D eigenvalue weighted by Gasteiger charge is 2.24. The van der Waals surface area contributed by atoms with Gasteiger partial charge in [0.2, 0.25) is 0 Å². The van der Waals surface area contributed by atoms with Crippen molar-refractivity contribution in [1.82, 2.24) is 0 Å². The number of rotatable bonds is 6. The first-order valence-corrected chi connectivity index (χ1v) is 9.22. The first-order chi connectivity index (χ1) is 11.7. The molecule has 2 aromatic carbocycles. The third-order valence-corrected chi connectivity index (χ3v) is 5.33. The Balaban J connectivity index is 1.69. The number of nitrogens with one attached hydrogen (secondary N) is 2. The monoisotopic (exact) mass is 339 g/mol. The Morgan fingerprint density at radius 2 is 1.92 bits per heavy atom. The van der Waals surface area contributed by atoms with E-state index in [4.69, 9.17) is 0 Å². The number of thiophene rings is 1. The van der Waals surface area contributed by atoms with Crippen molar-refractivity contribution in [3.63, 3.8) is 0 Å². The molecule has 0 spiro atoms. The lowest BCUT2D eigenvalue weighted by atomic mass is 10.1. The molecule has 2 N–H and O–H groups in total. The van der Waals surface area contributed by atoms with Crippen molar-refractivity contribution < 1.29 is 9.69 Å². The molecule has 3 aromatic rings. The Kier molecular flexibility index (Phi) is 5.28. The molecule has 0 radical (unpaired) electrons. The molecule has 1 aromatic heterocycles. The SMILES string of the molecule is CC[NH+](Cc1cccs1)[C@H](C)C(=O)Nc1ccc2ccccc2c1. The van der Waals surface area contributed by atoms with Crippen LogP contribution in [-0.2, 0) is 11.3 Å². The van der Waals surface area contributed by atoms with E-state index in [2.05, 4.69) is 41.9 Å². The number of likely N-dealkylation sites (N-methyl/N-ethyl adjacent to an activating group) is 1. The van der Waals surface area contributed by atoms with E-state index in [1.807, 2.05) is 37.3 Å². The van der Waals surface area contributed by atoms with Gasteiger partial charge in [0.25, 0.3) is 5.91 Å². The molecule has 2 atom stereocenters. The summed E-state index contributed by atoms with van der Waals surface area (Å²) in [7, 11) is 0. The van der Waals surface area contributed by atoms with Crippen LogP contribution in [0, 0.1) is 0 Å². The molecule has 0 aliphatic carbocycles. The standard InChI is InChI=1S/C20H22N2OS/c1-3-22(14-19-9-6-12-24-19)15(2)20(23)21-18-11-10-16-7-4-5-8-17(16)13-18/h4-13,15H,3,14H2,1-2H3,(H,21,23)/p+1/t15-/m1/s1. The lowest BCUT2D eigenvalue weighted by molar-refractivity contribution is -0.925. The van der Waals surface area contributed by atoms with Gasteiger partial charge in [0, 0.05) is 5.69 Å². The quantitative estimate of drug-likeness (QED) is 0.710. The van der Waals surface area contributed by atoms with Crippen molar-refractivity contribution in [3.8, 4) is 0 Å². The maximum atomic E-state index is 12.6. The highest BCUT2D eigenvalue weighted by molar-refractivity contribution is 7.09. The zero-order valence-corrected chi connectivity index (χ0v) is 14.9. The fourth-order valence-electron chi connectivity index (χ4n) is 2.92. The van der Waals surface area contributed by atoms with Gasteiger partial charge in [0.05, 0.1) is 11.4 Å². The predicted molar refractivity (Wildman–Crippen MR) is 102 cm³/mol. The number of hydrogen-bond acceptors (Lipinski definition) is 2. The number of anilines is 1. The van der Waals surface area contributed by atoms with Crippen LogP contribution in [0.3, 0.4) is 0 Å². The summed E-state index contributed by atoms with van der Waals surface area (Å²) < 4.78 is 0. The van der Waals surface area contributed by atoms with E-state index in [0.29, 0.717) is 0 Å². The highest BCUT2D eigenvalue weighted by atomic mass is 32.1. The Hall–Kier alpha value is -2.17. The molecule has 3 nitrogen and oxygen atoms in total. The normalized spacial score (nSPS) is 13.6. The Labute approximate surface area is 146 Å². The van der Waals surface area contributed by atoms with Crippen molar-refractivity contribution in [1.29, 1.82) is 0 Å². The van der Waals surface area contributed by atoms with Crippen LogP contribution in [0.15, 0.2) is 60.0 Å². The van der Waals surface area contributed by atoms with Gasteiger partial charge in [0.1, 0.15) is 6.54 Å². The van der Waals surface area contributed by atoms with Gasteiger partial charge >= 0.3 is 0 Å². The maximum Gasteiger partial charge on any atom is 0.282 e. The van der Waals surface area contributed by atoms with Crippen molar-refractivity contribution in [2.24, 2.45) is 0 Å². The largest absolute Gasteiger partial charge is 0.321 e. The van der Waals surface area contributed by atoms with Crippen molar-refractivity contribution >= 4 is 33.7 Å².